The van der Waals surface area contributed by atoms with Gasteiger partial charge in [-0.3, -0.25) is 4.79 Å². The quantitative estimate of drug-likeness (QED) is 0.349. The summed E-state index contributed by atoms with van der Waals surface area (Å²) in [4.78, 5) is 15.0. The van der Waals surface area contributed by atoms with Gasteiger partial charge in [0.25, 0.3) is 5.91 Å². The van der Waals surface area contributed by atoms with Crippen molar-refractivity contribution >= 4 is 5.91 Å². The lowest BCUT2D eigenvalue weighted by molar-refractivity contribution is 0.0706. The van der Waals surface area contributed by atoms with Crippen molar-refractivity contribution in [3.8, 4) is 5.75 Å². The minimum Gasteiger partial charge on any atom is -0.497 e. The van der Waals surface area contributed by atoms with Crippen molar-refractivity contribution in [2.24, 2.45) is 0 Å². The molecule has 0 spiro atoms. The molecule has 2 aromatic heterocycles. The number of amides is 1. The summed E-state index contributed by atoms with van der Waals surface area (Å²) in [5, 5.41) is 0. The van der Waals surface area contributed by atoms with Crippen LogP contribution in [0.3, 0.4) is 0 Å². The van der Waals surface area contributed by atoms with Crippen molar-refractivity contribution in [1.29, 1.82) is 0 Å². The van der Waals surface area contributed by atoms with Crippen LogP contribution in [-0.4, -0.2) is 24.5 Å². The number of rotatable bonds is 9. The maximum atomic E-state index is 13.2. The van der Waals surface area contributed by atoms with E-state index in [9.17, 15) is 4.79 Å². The highest BCUT2D eigenvalue weighted by Gasteiger charge is 2.23. The number of carbonyl (C=O) groups excluding carboxylic acids is 1. The Bertz CT molecular complexity index is 1050. The number of methoxy groups -OCH3 is 1. The maximum Gasteiger partial charge on any atom is 0.289 e. The summed E-state index contributed by atoms with van der Waals surface area (Å²) in [6.45, 7) is 1.02. The second-order valence-corrected chi connectivity index (χ2v) is 7.32. The van der Waals surface area contributed by atoms with Crippen LogP contribution in [0.4, 0.5) is 0 Å². The maximum absolute atomic E-state index is 13.2. The number of hydrogen-bond acceptors (Lipinski definition) is 4. The average molecular weight is 415 g/mol. The zero-order chi connectivity index (χ0) is 21.5. The van der Waals surface area contributed by atoms with E-state index in [2.05, 4.69) is 12.1 Å². The first kappa shape index (κ1) is 20.5. The van der Waals surface area contributed by atoms with E-state index in [0.717, 1.165) is 29.1 Å². The molecule has 1 amide bonds. The van der Waals surface area contributed by atoms with Crippen LogP contribution in [0.25, 0.3) is 0 Å². The number of furan rings is 2. The number of carbonyl (C=O) groups is 1. The van der Waals surface area contributed by atoms with Crippen molar-refractivity contribution in [3.63, 3.8) is 0 Å². The van der Waals surface area contributed by atoms with Crippen molar-refractivity contribution < 1.29 is 18.4 Å². The van der Waals surface area contributed by atoms with E-state index in [0.29, 0.717) is 18.8 Å². The summed E-state index contributed by atoms with van der Waals surface area (Å²) >= 11 is 0. The lowest BCUT2D eigenvalue weighted by atomic mass is 9.93. The van der Waals surface area contributed by atoms with Gasteiger partial charge in [-0.1, -0.05) is 42.5 Å². The van der Waals surface area contributed by atoms with Crippen LogP contribution in [0.1, 0.15) is 39.8 Å². The molecule has 0 bridgehead atoms. The van der Waals surface area contributed by atoms with Crippen LogP contribution < -0.4 is 4.74 Å². The second kappa shape index (κ2) is 9.85. The molecule has 5 nitrogen and oxygen atoms in total. The molecule has 0 saturated carbocycles. The molecule has 0 saturated heterocycles. The van der Waals surface area contributed by atoms with Gasteiger partial charge >= 0.3 is 0 Å². The van der Waals surface area contributed by atoms with Crippen LogP contribution in [-0.2, 0) is 6.54 Å². The van der Waals surface area contributed by atoms with Crippen LogP contribution >= 0.6 is 0 Å². The molecular formula is C26H25NO4. The van der Waals surface area contributed by atoms with E-state index in [-0.39, 0.29) is 11.8 Å². The van der Waals surface area contributed by atoms with Gasteiger partial charge in [0.15, 0.2) is 5.76 Å². The van der Waals surface area contributed by atoms with Gasteiger partial charge in [0.2, 0.25) is 0 Å². The monoisotopic (exact) mass is 415 g/mol. The molecule has 0 aliphatic carbocycles. The summed E-state index contributed by atoms with van der Waals surface area (Å²) in [5.41, 5.74) is 2.18. The SMILES string of the molecule is COc1ccc(CN(CC[C@@H](c2ccccc2)c2ccco2)C(=O)c2ccco2)cc1. The predicted octanol–water partition coefficient (Wildman–Crippen LogP) is 5.75. The molecule has 0 N–H and O–H groups in total. The Morgan fingerprint density at radius 1 is 0.903 bits per heavy atom. The number of nitrogens with zero attached hydrogens (tertiary/aromatic N) is 1. The van der Waals surface area contributed by atoms with E-state index >= 15 is 0 Å². The van der Waals surface area contributed by atoms with E-state index < -0.39 is 0 Å². The molecule has 0 aliphatic heterocycles. The molecule has 2 heterocycles. The fourth-order valence-corrected chi connectivity index (χ4v) is 3.69. The normalized spacial score (nSPS) is 11.8. The van der Waals surface area contributed by atoms with Gasteiger partial charge in [0.05, 0.1) is 19.6 Å². The summed E-state index contributed by atoms with van der Waals surface area (Å²) in [6, 6.07) is 25.3. The molecule has 1 atom stereocenters. The predicted molar refractivity (Wildman–Crippen MR) is 118 cm³/mol. The molecule has 4 rings (SSSR count). The fraction of sp³-hybridized carbons (Fsp3) is 0.192. The molecule has 2 aromatic carbocycles. The summed E-state index contributed by atoms with van der Waals surface area (Å²) in [6.07, 6.45) is 3.93. The van der Waals surface area contributed by atoms with Crippen LogP contribution in [0.2, 0.25) is 0 Å². The minimum absolute atomic E-state index is 0.0546. The topological polar surface area (TPSA) is 55.8 Å². The third-order valence-electron chi connectivity index (χ3n) is 5.33. The van der Waals surface area contributed by atoms with Gasteiger partial charge in [-0.15, -0.1) is 0 Å². The number of ether oxygens (including phenoxy) is 1. The number of benzene rings is 2. The molecule has 31 heavy (non-hydrogen) atoms. The zero-order valence-corrected chi connectivity index (χ0v) is 17.4. The molecule has 0 unspecified atom stereocenters. The lowest BCUT2D eigenvalue weighted by Crippen LogP contribution is -2.32. The van der Waals surface area contributed by atoms with Crippen molar-refractivity contribution in [1.82, 2.24) is 4.90 Å². The average Bonchev–Trinajstić information content (AvgIpc) is 3.54. The van der Waals surface area contributed by atoms with E-state index in [4.69, 9.17) is 13.6 Å². The molecule has 158 valence electrons. The Hall–Kier alpha value is -3.73. The zero-order valence-electron chi connectivity index (χ0n) is 17.4. The van der Waals surface area contributed by atoms with Gasteiger partial charge in [-0.25, -0.2) is 0 Å². The first-order valence-electron chi connectivity index (χ1n) is 10.3. The van der Waals surface area contributed by atoms with Crippen LogP contribution in [0, 0.1) is 0 Å². The Morgan fingerprint density at radius 3 is 2.29 bits per heavy atom. The van der Waals surface area contributed by atoms with Crippen molar-refractivity contribution in [2.45, 2.75) is 18.9 Å². The van der Waals surface area contributed by atoms with E-state index in [1.165, 1.54) is 6.26 Å². The van der Waals surface area contributed by atoms with Gasteiger partial charge < -0.3 is 18.5 Å². The first-order valence-corrected chi connectivity index (χ1v) is 10.3. The highest BCUT2D eigenvalue weighted by Crippen LogP contribution is 2.29. The summed E-state index contributed by atoms with van der Waals surface area (Å²) in [7, 11) is 1.64. The molecule has 0 fully saturated rings. The molecule has 0 radical (unpaired) electrons. The smallest absolute Gasteiger partial charge is 0.289 e. The first-order chi connectivity index (χ1) is 15.2. The minimum atomic E-state index is -0.132. The lowest BCUT2D eigenvalue weighted by Gasteiger charge is -2.24. The van der Waals surface area contributed by atoms with Crippen molar-refractivity contribution in [3.05, 3.63) is 114 Å². The van der Waals surface area contributed by atoms with E-state index in [1.54, 1.807) is 25.5 Å². The molecule has 4 aromatic rings. The molecule has 0 aliphatic rings. The van der Waals surface area contributed by atoms with Crippen LogP contribution in [0.5, 0.6) is 5.75 Å². The van der Waals surface area contributed by atoms with Gasteiger partial charge in [-0.05, 0) is 53.9 Å². The summed E-state index contributed by atoms with van der Waals surface area (Å²) in [5.74, 6) is 1.93. The molecular weight excluding hydrogens is 390 g/mol. The summed E-state index contributed by atoms with van der Waals surface area (Å²) < 4.78 is 16.4. The van der Waals surface area contributed by atoms with E-state index in [1.807, 2.05) is 59.5 Å². The van der Waals surface area contributed by atoms with Gasteiger partial charge in [-0.2, -0.15) is 0 Å². The highest BCUT2D eigenvalue weighted by molar-refractivity contribution is 5.91. The van der Waals surface area contributed by atoms with Crippen LogP contribution in [0.15, 0.2) is 100 Å². The third kappa shape index (κ3) is 5.07. The third-order valence-corrected chi connectivity index (χ3v) is 5.33. The Labute approximate surface area is 181 Å². The highest BCUT2D eigenvalue weighted by atomic mass is 16.5. The fourth-order valence-electron chi connectivity index (χ4n) is 3.69. The largest absolute Gasteiger partial charge is 0.497 e. The van der Waals surface area contributed by atoms with Gasteiger partial charge in [0, 0.05) is 19.0 Å². The Morgan fingerprint density at radius 2 is 1.65 bits per heavy atom. The van der Waals surface area contributed by atoms with Crippen molar-refractivity contribution in [2.75, 3.05) is 13.7 Å². The Kier molecular flexibility index (Phi) is 6.53. The van der Waals surface area contributed by atoms with Gasteiger partial charge in [0.1, 0.15) is 11.5 Å². The second-order valence-electron chi connectivity index (χ2n) is 7.32. The number of hydrogen-bond donors (Lipinski definition) is 0. The molecule has 5 heteroatoms. The standard InChI is InChI=1S/C26H25NO4/c1-29-22-13-11-20(12-14-22)19-27(26(28)25-10-6-18-31-25)16-15-23(24-9-5-17-30-24)21-7-3-2-4-8-21/h2-14,17-18,23H,15-16,19H2,1H3/t23-/m0/s1. The Balaban J connectivity index is 1.56.